The maximum absolute atomic E-state index is 5.99. The number of nitrogens with two attached hydrogens (primary N) is 1. The maximum atomic E-state index is 5.99. The lowest BCUT2D eigenvalue weighted by molar-refractivity contribution is 0.590. The first kappa shape index (κ1) is 11.8. The minimum Gasteiger partial charge on any atom is -0.398 e. The molecule has 0 amide bonds. The van der Waals surface area contributed by atoms with Crippen molar-refractivity contribution in [2.45, 2.75) is 33.1 Å². The van der Waals surface area contributed by atoms with Crippen molar-refractivity contribution in [2.24, 2.45) is 4.99 Å². The first-order valence-corrected chi connectivity index (χ1v) is 5.19. The number of aryl methyl sites for hydroxylation is 1. The molecule has 0 aliphatic heterocycles. The van der Waals surface area contributed by atoms with Crippen molar-refractivity contribution < 1.29 is 0 Å². The van der Waals surface area contributed by atoms with Crippen LogP contribution in [0.5, 0.6) is 0 Å². The fourth-order valence-electron chi connectivity index (χ4n) is 1.50. The highest BCUT2D eigenvalue weighted by Crippen LogP contribution is 2.27. The normalized spacial score (nSPS) is 12.3. The highest BCUT2D eigenvalue weighted by atomic mass is 14.7. The Bertz CT molecular complexity index is 384. The molecule has 0 fully saturated rings. The summed E-state index contributed by atoms with van der Waals surface area (Å²) in [6.07, 6.45) is 1.82. The molecule has 2 N–H and O–H groups in total. The van der Waals surface area contributed by atoms with Crippen molar-refractivity contribution in [2.75, 3.05) is 12.8 Å². The number of benzene rings is 1. The Kier molecular flexibility index (Phi) is 3.18. The second-order valence-electron chi connectivity index (χ2n) is 4.93. The Morgan fingerprint density at radius 3 is 2.33 bits per heavy atom. The van der Waals surface area contributed by atoms with E-state index in [4.69, 9.17) is 5.73 Å². The number of anilines is 1. The van der Waals surface area contributed by atoms with Gasteiger partial charge in [-0.05, 0) is 29.5 Å². The van der Waals surface area contributed by atoms with Crippen molar-refractivity contribution in [3.05, 3.63) is 28.8 Å². The SMILES string of the molecule is CN=Cc1cc(C(C)(C)C)cc(C)c1N. The third kappa shape index (κ3) is 2.58. The van der Waals surface area contributed by atoms with Gasteiger partial charge in [-0.25, -0.2) is 0 Å². The quantitative estimate of drug-likeness (QED) is 0.554. The van der Waals surface area contributed by atoms with Gasteiger partial charge < -0.3 is 5.73 Å². The zero-order valence-electron chi connectivity index (χ0n) is 10.3. The van der Waals surface area contributed by atoms with Crippen LogP contribution in [-0.4, -0.2) is 13.3 Å². The molecule has 0 unspecified atom stereocenters. The minimum atomic E-state index is 0.148. The van der Waals surface area contributed by atoms with Crippen LogP contribution < -0.4 is 5.73 Å². The third-order valence-corrected chi connectivity index (χ3v) is 2.55. The van der Waals surface area contributed by atoms with Crippen molar-refractivity contribution in [1.82, 2.24) is 0 Å². The van der Waals surface area contributed by atoms with Crippen molar-refractivity contribution in [1.29, 1.82) is 0 Å². The van der Waals surface area contributed by atoms with E-state index in [1.54, 1.807) is 7.05 Å². The summed E-state index contributed by atoms with van der Waals surface area (Å²) in [5.74, 6) is 0. The summed E-state index contributed by atoms with van der Waals surface area (Å²) < 4.78 is 0. The van der Waals surface area contributed by atoms with Crippen LogP contribution in [0.4, 0.5) is 5.69 Å². The van der Waals surface area contributed by atoms with Gasteiger partial charge in [0, 0.05) is 24.5 Å². The molecule has 1 aromatic rings. The molecule has 0 saturated heterocycles. The van der Waals surface area contributed by atoms with Gasteiger partial charge in [-0.15, -0.1) is 0 Å². The van der Waals surface area contributed by atoms with Gasteiger partial charge in [0.15, 0.2) is 0 Å². The fraction of sp³-hybridized carbons (Fsp3) is 0.462. The highest BCUT2D eigenvalue weighted by Gasteiger charge is 2.15. The second-order valence-corrected chi connectivity index (χ2v) is 4.93. The van der Waals surface area contributed by atoms with E-state index >= 15 is 0 Å². The Morgan fingerprint density at radius 2 is 1.87 bits per heavy atom. The first-order valence-electron chi connectivity index (χ1n) is 5.19. The first-order chi connectivity index (χ1) is 6.86. The topological polar surface area (TPSA) is 38.4 Å². The Morgan fingerprint density at radius 1 is 1.27 bits per heavy atom. The Labute approximate surface area is 92.2 Å². The van der Waals surface area contributed by atoms with E-state index in [-0.39, 0.29) is 5.41 Å². The third-order valence-electron chi connectivity index (χ3n) is 2.55. The summed E-state index contributed by atoms with van der Waals surface area (Å²) in [5.41, 5.74) is 10.4. The van der Waals surface area contributed by atoms with Crippen LogP contribution in [0.25, 0.3) is 0 Å². The van der Waals surface area contributed by atoms with Gasteiger partial charge in [0.1, 0.15) is 0 Å². The average molecular weight is 204 g/mol. The van der Waals surface area contributed by atoms with E-state index in [1.807, 2.05) is 13.1 Å². The van der Waals surface area contributed by atoms with Gasteiger partial charge in [-0.3, -0.25) is 4.99 Å². The van der Waals surface area contributed by atoms with E-state index in [0.717, 1.165) is 16.8 Å². The molecule has 0 heterocycles. The average Bonchev–Trinajstić information content (AvgIpc) is 2.11. The molecule has 0 aliphatic carbocycles. The standard InChI is InChI=1S/C13H20N2/c1-9-6-11(13(2,3)4)7-10(8-15-5)12(9)14/h6-8H,14H2,1-5H3. The predicted octanol–water partition coefficient (Wildman–Crippen LogP) is 2.92. The molecule has 0 spiro atoms. The monoisotopic (exact) mass is 204 g/mol. The van der Waals surface area contributed by atoms with E-state index in [9.17, 15) is 0 Å². The van der Waals surface area contributed by atoms with Gasteiger partial charge in [0.05, 0.1) is 0 Å². The molecule has 0 atom stereocenters. The van der Waals surface area contributed by atoms with Gasteiger partial charge in [-0.1, -0.05) is 26.8 Å². The van der Waals surface area contributed by atoms with Gasteiger partial charge in [0.25, 0.3) is 0 Å². The number of nitrogen functional groups attached to an aromatic ring is 1. The Hall–Kier alpha value is -1.31. The molecule has 0 aliphatic rings. The zero-order valence-corrected chi connectivity index (χ0v) is 10.3. The lowest BCUT2D eigenvalue weighted by Crippen LogP contribution is -2.13. The Balaban J connectivity index is 3.36. The smallest absolute Gasteiger partial charge is 0.0433 e. The van der Waals surface area contributed by atoms with Crippen LogP contribution in [0, 0.1) is 6.92 Å². The lowest BCUT2D eigenvalue weighted by atomic mass is 9.85. The summed E-state index contributed by atoms with van der Waals surface area (Å²) in [5, 5.41) is 0. The lowest BCUT2D eigenvalue weighted by Gasteiger charge is -2.21. The molecule has 1 rings (SSSR count). The molecule has 2 nitrogen and oxygen atoms in total. The summed E-state index contributed by atoms with van der Waals surface area (Å²) >= 11 is 0. The van der Waals surface area contributed by atoms with E-state index in [2.05, 4.69) is 37.9 Å². The number of aliphatic imine (C=N–C) groups is 1. The summed E-state index contributed by atoms with van der Waals surface area (Å²) in [6.45, 7) is 8.64. The molecule has 0 bridgehead atoms. The maximum Gasteiger partial charge on any atom is 0.0433 e. The molecule has 1 aromatic carbocycles. The molecule has 82 valence electrons. The van der Waals surface area contributed by atoms with E-state index < -0.39 is 0 Å². The van der Waals surface area contributed by atoms with Crippen molar-refractivity contribution in [3.63, 3.8) is 0 Å². The molecular formula is C13H20N2. The summed E-state index contributed by atoms with van der Waals surface area (Å²) in [6, 6.07) is 4.28. The highest BCUT2D eigenvalue weighted by molar-refractivity contribution is 5.88. The van der Waals surface area contributed by atoms with E-state index in [1.165, 1.54) is 5.56 Å². The number of hydrogen-bond acceptors (Lipinski definition) is 2. The largest absolute Gasteiger partial charge is 0.398 e. The molecule has 0 saturated carbocycles. The van der Waals surface area contributed by atoms with Gasteiger partial charge in [-0.2, -0.15) is 0 Å². The van der Waals surface area contributed by atoms with E-state index in [0.29, 0.717) is 0 Å². The van der Waals surface area contributed by atoms with Crippen molar-refractivity contribution >= 4 is 11.9 Å². The molecule has 15 heavy (non-hydrogen) atoms. The summed E-state index contributed by atoms with van der Waals surface area (Å²) in [4.78, 5) is 4.03. The van der Waals surface area contributed by atoms with Crippen LogP contribution in [0.3, 0.4) is 0 Å². The molecule has 0 radical (unpaired) electrons. The number of rotatable bonds is 1. The van der Waals surface area contributed by atoms with Crippen molar-refractivity contribution in [3.8, 4) is 0 Å². The van der Waals surface area contributed by atoms with Crippen LogP contribution in [-0.2, 0) is 5.41 Å². The minimum absolute atomic E-state index is 0.148. The number of hydrogen-bond donors (Lipinski definition) is 1. The number of nitrogens with zero attached hydrogens (tertiary/aromatic N) is 1. The zero-order chi connectivity index (χ0) is 11.6. The molecule has 0 aromatic heterocycles. The van der Waals surface area contributed by atoms with Gasteiger partial charge >= 0.3 is 0 Å². The van der Waals surface area contributed by atoms with Crippen LogP contribution in [0.2, 0.25) is 0 Å². The van der Waals surface area contributed by atoms with Gasteiger partial charge in [0.2, 0.25) is 0 Å². The molecule has 2 heteroatoms. The second kappa shape index (κ2) is 4.05. The molecular weight excluding hydrogens is 184 g/mol. The van der Waals surface area contributed by atoms with Crippen LogP contribution in [0.15, 0.2) is 17.1 Å². The van der Waals surface area contributed by atoms with Crippen LogP contribution >= 0.6 is 0 Å². The fourth-order valence-corrected chi connectivity index (χ4v) is 1.50. The van der Waals surface area contributed by atoms with Crippen LogP contribution in [0.1, 0.15) is 37.5 Å². The summed E-state index contributed by atoms with van der Waals surface area (Å²) in [7, 11) is 1.76. The predicted molar refractivity (Wildman–Crippen MR) is 67.8 cm³/mol.